The molecule has 4 aromatic rings. The van der Waals surface area contributed by atoms with E-state index in [0.717, 1.165) is 34.9 Å². The number of hydrogen-bond donors (Lipinski definition) is 1. The van der Waals surface area contributed by atoms with Crippen LogP contribution in [-0.4, -0.2) is 7.11 Å². The largest absolute Gasteiger partial charge is 0.493 e. The van der Waals surface area contributed by atoms with E-state index < -0.39 is 0 Å². The second-order valence-corrected chi connectivity index (χ2v) is 7.08. The molecule has 0 amide bonds. The smallest absolute Gasteiger partial charge is 0.161 e. The number of methoxy groups -OCH3 is 1. The molecule has 0 spiro atoms. The Labute approximate surface area is 171 Å². The lowest BCUT2D eigenvalue weighted by molar-refractivity contribution is 0.285. The maximum absolute atomic E-state index is 6.11. The van der Waals surface area contributed by atoms with Gasteiger partial charge < -0.3 is 14.8 Å². The molecular formula is C26H25NO2. The van der Waals surface area contributed by atoms with Crippen molar-refractivity contribution in [3.05, 3.63) is 102 Å². The maximum Gasteiger partial charge on any atom is 0.161 e. The first-order chi connectivity index (χ1) is 14.2. The van der Waals surface area contributed by atoms with Gasteiger partial charge in [-0.05, 0) is 52.6 Å². The first-order valence-corrected chi connectivity index (χ1v) is 9.80. The van der Waals surface area contributed by atoms with Crippen molar-refractivity contribution >= 4 is 16.5 Å². The topological polar surface area (TPSA) is 30.5 Å². The summed E-state index contributed by atoms with van der Waals surface area (Å²) in [4.78, 5) is 0. The molecule has 0 aliphatic carbocycles. The number of nitrogens with one attached hydrogen (secondary N) is 1. The molecule has 3 heteroatoms. The summed E-state index contributed by atoms with van der Waals surface area (Å²) in [5, 5.41) is 5.92. The molecule has 0 saturated carbocycles. The first-order valence-electron chi connectivity index (χ1n) is 9.80. The van der Waals surface area contributed by atoms with Crippen LogP contribution in [0.4, 0.5) is 5.69 Å². The molecule has 0 radical (unpaired) electrons. The van der Waals surface area contributed by atoms with E-state index in [1.54, 1.807) is 7.11 Å². The van der Waals surface area contributed by atoms with E-state index in [-0.39, 0.29) is 0 Å². The fourth-order valence-electron chi connectivity index (χ4n) is 3.48. The molecule has 1 N–H and O–H groups in total. The molecule has 146 valence electrons. The van der Waals surface area contributed by atoms with Crippen LogP contribution >= 0.6 is 0 Å². The van der Waals surface area contributed by atoms with Crippen molar-refractivity contribution in [2.45, 2.75) is 20.1 Å². The van der Waals surface area contributed by atoms with Crippen LogP contribution < -0.4 is 14.8 Å². The predicted molar refractivity (Wildman–Crippen MR) is 120 cm³/mol. The summed E-state index contributed by atoms with van der Waals surface area (Å²) in [6.07, 6.45) is 0. The molecule has 0 bridgehead atoms. The van der Waals surface area contributed by atoms with Gasteiger partial charge in [-0.2, -0.15) is 0 Å². The maximum atomic E-state index is 6.11. The summed E-state index contributed by atoms with van der Waals surface area (Å²) >= 11 is 0. The van der Waals surface area contributed by atoms with Crippen molar-refractivity contribution in [3.63, 3.8) is 0 Å². The van der Waals surface area contributed by atoms with Gasteiger partial charge in [-0.3, -0.25) is 0 Å². The second-order valence-electron chi connectivity index (χ2n) is 7.08. The number of aryl methyl sites for hydroxylation is 1. The van der Waals surface area contributed by atoms with Gasteiger partial charge >= 0.3 is 0 Å². The van der Waals surface area contributed by atoms with E-state index in [4.69, 9.17) is 9.47 Å². The fourth-order valence-corrected chi connectivity index (χ4v) is 3.48. The number of benzene rings is 4. The average Bonchev–Trinajstić information content (AvgIpc) is 2.77. The van der Waals surface area contributed by atoms with Crippen molar-refractivity contribution in [1.82, 2.24) is 0 Å². The van der Waals surface area contributed by atoms with Crippen LogP contribution in [0.1, 0.15) is 16.7 Å². The molecule has 0 saturated heterocycles. The molecule has 0 heterocycles. The van der Waals surface area contributed by atoms with Crippen LogP contribution in [0, 0.1) is 6.92 Å². The summed E-state index contributed by atoms with van der Waals surface area (Å²) in [5.74, 6) is 1.49. The molecular weight excluding hydrogens is 358 g/mol. The second kappa shape index (κ2) is 8.70. The highest BCUT2D eigenvalue weighted by Gasteiger charge is 2.08. The Morgan fingerprint density at radius 1 is 0.793 bits per heavy atom. The van der Waals surface area contributed by atoms with Crippen LogP contribution in [0.15, 0.2) is 84.9 Å². The van der Waals surface area contributed by atoms with E-state index in [2.05, 4.69) is 72.9 Å². The van der Waals surface area contributed by atoms with Gasteiger partial charge in [0.05, 0.1) is 7.11 Å². The Kier molecular flexibility index (Phi) is 5.66. The zero-order chi connectivity index (χ0) is 20.1. The zero-order valence-corrected chi connectivity index (χ0v) is 16.8. The van der Waals surface area contributed by atoms with Gasteiger partial charge in [-0.1, -0.05) is 66.7 Å². The highest BCUT2D eigenvalue weighted by atomic mass is 16.5. The number of rotatable bonds is 7. The lowest BCUT2D eigenvalue weighted by Crippen LogP contribution is -2.03. The van der Waals surface area contributed by atoms with E-state index in [9.17, 15) is 0 Å². The van der Waals surface area contributed by atoms with Gasteiger partial charge in [-0.25, -0.2) is 0 Å². The van der Waals surface area contributed by atoms with Crippen LogP contribution in [0.5, 0.6) is 11.5 Å². The zero-order valence-electron chi connectivity index (χ0n) is 16.8. The Morgan fingerprint density at radius 2 is 1.59 bits per heavy atom. The van der Waals surface area contributed by atoms with Gasteiger partial charge in [0.25, 0.3) is 0 Å². The molecule has 0 aromatic heterocycles. The van der Waals surface area contributed by atoms with Gasteiger partial charge in [0.15, 0.2) is 11.5 Å². The number of ether oxygens (including phenoxy) is 2. The summed E-state index contributed by atoms with van der Waals surface area (Å²) in [5.41, 5.74) is 4.68. The third-order valence-electron chi connectivity index (χ3n) is 5.12. The van der Waals surface area contributed by atoms with Crippen molar-refractivity contribution in [2.24, 2.45) is 0 Å². The van der Waals surface area contributed by atoms with Crippen LogP contribution in [0.3, 0.4) is 0 Å². The molecule has 0 unspecified atom stereocenters. The van der Waals surface area contributed by atoms with Crippen molar-refractivity contribution in [1.29, 1.82) is 0 Å². The van der Waals surface area contributed by atoms with E-state index in [0.29, 0.717) is 6.61 Å². The minimum atomic E-state index is 0.499. The molecule has 4 aromatic carbocycles. The van der Waals surface area contributed by atoms with Crippen molar-refractivity contribution in [2.75, 3.05) is 12.4 Å². The van der Waals surface area contributed by atoms with Crippen LogP contribution in [0.25, 0.3) is 10.8 Å². The Hall–Kier alpha value is -3.46. The fraction of sp³-hybridized carbons (Fsp3) is 0.154. The summed E-state index contributed by atoms with van der Waals surface area (Å²) in [7, 11) is 1.68. The van der Waals surface area contributed by atoms with E-state index in [1.165, 1.54) is 16.3 Å². The molecule has 0 aliphatic heterocycles. The highest BCUT2D eigenvalue weighted by Crippen LogP contribution is 2.30. The monoisotopic (exact) mass is 383 g/mol. The predicted octanol–water partition coefficient (Wildman–Crippen LogP) is 6.35. The third kappa shape index (κ3) is 4.35. The Balaban J connectivity index is 1.47. The summed E-state index contributed by atoms with van der Waals surface area (Å²) in [6.45, 7) is 3.33. The average molecular weight is 383 g/mol. The lowest BCUT2D eigenvalue weighted by atomic mass is 10.1. The number of hydrogen-bond acceptors (Lipinski definition) is 3. The minimum absolute atomic E-state index is 0.499. The number of anilines is 1. The lowest BCUT2D eigenvalue weighted by Gasteiger charge is -2.14. The molecule has 0 fully saturated rings. The Bertz CT molecular complexity index is 1120. The van der Waals surface area contributed by atoms with Crippen LogP contribution in [0.2, 0.25) is 0 Å². The number of para-hydroxylation sites is 1. The highest BCUT2D eigenvalue weighted by molar-refractivity contribution is 5.85. The number of fused-ring (bicyclic) bond motifs is 1. The first kappa shape index (κ1) is 18.9. The minimum Gasteiger partial charge on any atom is -0.493 e. The van der Waals surface area contributed by atoms with Gasteiger partial charge in [-0.15, -0.1) is 0 Å². The summed E-state index contributed by atoms with van der Waals surface area (Å²) in [6, 6.07) is 29.0. The van der Waals surface area contributed by atoms with Crippen molar-refractivity contribution in [3.8, 4) is 11.5 Å². The standard InChI is InChI=1S/C26H25NO2/c1-19-8-3-6-13-24(19)27-17-20-14-15-25(26(16-20)28-2)29-18-22-11-7-10-21-9-4-5-12-23(21)22/h3-16,27H,17-18H2,1-2H3. The molecule has 4 rings (SSSR count). The van der Waals surface area contributed by atoms with Crippen molar-refractivity contribution < 1.29 is 9.47 Å². The van der Waals surface area contributed by atoms with E-state index in [1.807, 2.05) is 24.3 Å². The summed E-state index contributed by atoms with van der Waals surface area (Å²) < 4.78 is 11.7. The molecule has 0 atom stereocenters. The normalized spacial score (nSPS) is 10.7. The Morgan fingerprint density at radius 3 is 2.45 bits per heavy atom. The SMILES string of the molecule is COc1cc(CNc2ccccc2C)ccc1OCc1cccc2ccccc12. The quantitative estimate of drug-likeness (QED) is 0.403. The van der Waals surface area contributed by atoms with Gasteiger partial charge in [0.2, 0.25) is 0 Å². The van der Waals surface area contributed by atoms with Gasteiger partial charge in [0, 0.05) is 12.2 Å². The molecule has 29 heavy (non-hydrogen) atoms. The third-order valence-corrected chi connectivity index (χ3v) is 5.12. The van der Waals surface area contributed by atoms with Crippen LogP contribution in [-0.2, 0) is 13.2 Å². The van der Waals surface area contributed by atoms with Gasteiger partial charge in [0.1, 0.15) is 6.61 Å². The molecule has 3 nitrogen and oxygen atoms in total. The van der Waals surface area contributed by atoms with E-state index >= 15 is 0 Å². The molecule has 0 aliphatic rings.